The molecule has 0 saturated carbocycles. The lowest BCUT2D eigenvalue weighted by atomic mass is 10.00. The Balaban J connectivity index is 1.44. The summed E-state index contributed by atoms with van der Waals surface area (Å²) < 4.78 is 7.29. The number of benzene rings is 2. The van der Waals surface area contributed by atoms with Gasteiger partial charge in [0, 0.05) is 13.1 Å². The number of amides is 1. The van der Waals surface area contributed by atoms with Gasteiger partial charge in [0.2, 0.25) is 11.1 Å². The van der Waals surface area contributed by atoms with Crippen LogP contribution in [0.1, 0.15) is 18.1 Å². The summed E-state index contributed by atoms with van der Waals surface area (Å²) in [6, 6.07) is 15.9. The Morgan fingerprint density at radius 1 is 1.14 bits per heavy atom. The molecule has 0 bridgehead atoms. The Kier molecular flexibility index (Phi) is 5.57. The molecule has 8 heteroatoms. The van der Waals surface area contributed by atoms with Gasteiger partial charge in [0.15, 0.2) is 0 Å². The van der Waals surface area contributed by atoms with Crippen LogP contribution < -0.4 is 4.74 Å². The molecule has 1 aliphatic rings. The summed E-state index contributed by atoms with van der Waals surface area (Å²) in [5, 5.41) is 12.5. The van der Waals surface area contributed by atoms with Crippen LogP contribution in [0.5, 0.6) is 5.75 Å². The minimum atomic E-state index is 0.0900. The summed E-state index contributed by atoms with van der Waals surface area (Å²) in [5.74, 6) is 1.09. The number of aromatic nitrogens is 4. The molecule has 1 amide bonds. The molecular formula is C20H21N5O2S. The molecule has 0 N–H and O–H groups in total. The quantitative estimate of drug-likeness (QED) is 0.598. The van der Waals surface area contributed by atoms with Crippen LogP contribution in [0.15, 0.2) is 53.7 Å². The van der Waals surface area contributed by atoms with Crippen molar-refractivity contribution in [1.82, 2.24) is 25.1 Å². The predicted octanol–water partition coefficient (Wildman–Crippen LogP) is 2.74. The Morgan fingerprint density at radius 3 is 2.79 bits per heavy atom. The fraction of sp³-hybridized carbons (Fsp3) is 0.300. The van der Waals surface area contributed by atoms with Gasteiger partial charge in [-0.15, -0.1) is 5.10 Å². The van der Waals surface area contributed by atoms with Crippen molar-refractivity contribution >= 4 is 17.7 Å². The van der Waals surface area contributed by atoms with Crippen molar-refractivity contribution in [2.45, 2.75) is 25.0 Å². The van der Waals surface area contributed by atoms with E-state index in [1.165, 1.54) is 22.9 Å². The summed E-state index contributed by atoms with van der Waals surface area (Å²) in [6.45, 7) is 3.89. The highest BCUT2D eigenvalue weighted by Crippen LogP contribution is 2.26. The van der Waals surface area contributed by atoms with E-state index in [4.69, 9.17) is 4.74 Å². The molecule has 28 heavy (non-hydrogen) atoms. The van der Waals surface area contributed by atoms with Crippen LogP contribution in [0, 0.1) is 0 Å². The first-order valence-electron chi connectivity index (χ1n) is 9.24. The zero-order valence-electron chi connectivity index (χ0n) is 15.6. The maximum Gasteiger partial charge on any atom is 0.233 e. The van der Waals surface area contributed by atoms with Gasteiger partial charge in [-0.25, -0.2) is 0 Å². The van der Waals surface area contributed by atoms with Crippen molar-refractivity contribution in [2.24, 2.45) is 0 Å². The summed E-state index contributed by atoms with van der Waals surface area (Å²) in [4.78, 5) is 14.6. The number of hydrogen-bond acceptors (Lipinski definition) is 6. The van der Waals surface area contributed by atoms with E-state index >= 15 is 0 Å². The molecule has 0 unspecified atom stereocenters. The van der Waals surface area contributed by atoms with Crippen molar-refractivity contribution in [3.8, 4) is 11.4 Å². The normalized spacial score (nSPS) is 13.2. The highest BCUT2D eigenvalue weighted by Gasteiger charge is 2.22. The fourth-order valence-corrected chi connectivity index (χ4v) is 4.04. The molecule has 4 rings (SSSR count). The van der Waals surface area contributed by atoms with E-state index < -0.39 is 0 Å². The molecule has 1 aliphatic heterocycles. The molecule has 0 atom stereocenters. The SMILES string of the molecule is CCOc1ccccc1-n1nnnc1SCC(=O)N1CCc2ccccc2C1. The third kappa shape index (κ3) is 3.87. The van der Waals surface area contributed by atoms with Gasteiger partial charge in [0.1, 0.15) is 11.4 Å². The van der Waals surface area contributed by atoms with Gasteiger partial charge in [-0.1, -0.05) is 48.2 Å². The van der Waals surface area contributed by atoms with E-state index in [1.807, 2.05) is 48.2 Å². The molecule has 3 aromatic rings. The van der Waals surface area contributed by atoms with Crippen LogP contribution >= 0.6 is 11.8 Å². The maximum atomic E-state index is 12.7. The lowest BCUT2D eigenvalue weighted by Crippen LogP contribution is -2.37. The van der Waals surface area contributed by atoms with Gasteiger partial charge in [0.05, 0.1) is 12.4 Å². The molecule has 144 valence electrons. The number of fused-ring (bicyclic) bond motifs is 1. The van der Waals surface area contributed by atoms with Crippen molar-refractivity contribution in [1.29, 1.82) is 0 Å². The molecule has 0 fully saturated rings. The van der Waals surface area contributed by atoms with E-state index in [2.05, 4.69) is 27.7 Å². The van der Waals surface area contributed by atoms with Gasteiger partial charge in [0.25, 0.3) is 0 Å². The Morgan fingerprint density at radius 2 is 1.93 bits per heavy atom. The van der Waals surface area contributed by atoms with Gasteiger partial charge in [-0.2, -0.15) is 4.68 Å². The molecular weight excluding hydrogens is 374 g/mol. The van der Waals surface area contributed by atoms with Gasteiger partial charge in [-0.05, 0) is 47.0 Å². The fourth-order valence-electron chi connectivity index (χ4n) is 3.26. The van der Waals surface area contributed by atoms with Crippen molar-refractivity contribution in [3.05, 3.63) is 59.7 Å². The largest absolute Gasteiger partial charge is 0.492 e. The first-order valence-corrected chi connectivity index (χ1v) is 10.2. The lowest BCUT2D eigenvalue weighted by Gasteiger charge is -2.28. The number of para-hydroxylation sites is 2. The van der Waals surface area contributed by atoms with E-state index in [-0.39, 0.29) is 5.91 Å². The first kappa shape index (κ1) is 18.5. The highest BCUT2D eigenvalue weighted by atomic mass is 32.2. The second kappa shape index (κ2) is 8.43. The standard InChI is InChI=1S/C20H21N5O2S/c1-2-27-18-10-6-5-9-17(18)25-20(21-22-23-25)28-14-19(26)24-12-11-15-7-3-4-8-16(15)13-24/h3-10H,2,11-14H2,1H3. The number of nitrogens with zero attached hydrogens (tertiary/aromatic N) is 5. The third-order valence-corrected chi connectivity index (χ3v) is 5.55. The van der Waals surface area contributed by atoms with Crippen LogP contribution in [0.3, 0.4) is 0 Å². The Bertz CT molecular complexity index is 974. The van der Waals surface area contributed by atoms with E-state index in [9.17, 15) is 4.79 Å². The number of carbonyl (C=O) groups excluding carboxylic acids is 1. The van der Waals surface area contributed by atoms with E-state index in [0.29, 0.717) is 29.8 Å². The number of carbonyl (C=O) groups is 1. The first-order chi connectivity index (χ1) is 13.8. The summed E-state index contributed by atoms with van der Waals surface area (Å²) >= 11 is 1.34. The molecule has 0 radical (unpaired) electrons. The number of rotatable bonds is 6. The highest BCUT2D eigenvalue weighted by molar-refractivity contribution is 7.99. The van der Waals surface area contributed by atoms with Crippen LogP contribution in [-0.2, 0) is 17.8 Å². The second-order valence-corrected chi connectivity index (χ2v) is 7.34. The number of ether oxygens (including phenoxy) is 1. The second-order valence-electron chi connectivity index (χ2n) is 6.40. The Labute approximate surface area is 167 Å². The van der Waals surface area contributed by atoms with Crippen LogP contribution in [0.4, 0.5) is 0 Å². The lowest BCUT2D eigenvalue weighted by molar-refractivity contribution is -0.129. The predicted molar refractivity (Wildman–Crippen MR) is 107 cm³/mol. The summed E-state index contributed by atoms with van der Waals surface area (Å²) in [7, 11) is 0. The summed E-state index contributed by atoms with van der Waals surface area (Å²) in [5.41, 5.74) is 3.31. The molecule has 7 nitrogen and oxygen atoms in total. The smallest absolute Gasteiger partial charge is 0.233 e. The zero-order chi connectivity index (χ0) is 19.3. The maximum absolute atomic E-state index is 12.7. The van der Waals surface area contributed by atoms with Crippen molar-refractivity contribution in [3.63, 3.8) is 0 Å². The minimum Gasteiger partial charge on any atom is -0.492 e. The molecule has 0 aliphatic carbocycles. The van der Waals surface area contributed by atoms with Crippen LogP contribution in [0.2, 0.25) is 0 Å². The van der Waals surface area contributed by atoms with Crippen LogP contribution in [-0.4, -0.2) is 49.9 Å². The van der Waals surface area contributed by atoms with Gasteiger partial charge in [-0.3, -0.25) is 4.79 Å². The summed E-state index contributed by atoms with van der Waals surface area (Å²) in [6.07, 6.45) is 0.895. The van der Waals surface area contributed by atoms with Gasteiger partial charge < -0.3 is 9.64 Å². The van der Waals surface area contributed by atoms with Crippen molar-refractivity contribution in [2.75, 3.05) is 18.9 Å². The number of hydrogen-bond donors (Lipinski definition) is 0. The average molecular weight is 395 g/mol. The monoisotopic (exact) mass is 395 g/mol. The van der Waals surface area contributed by atoms with Crippen molar-refractivity contribution < 1.29 is 9.53 Å². The average Bonchev–Trinajstić information content (AvgIpc) is 3.20. The topological polar surface area (TPSA) is 73.1 Å². The molecule has 2 aromatic carbocycles. The Hall–Kier alpha value is -2.87. The number of thioether (sulfide) groups is 1. The zero-order valence-corrected chi connectivity index (χ0v) is 16.4. The van der Waals surface area contributed by atoms with Crippen LogP contribution in [0.25, 0.3) is 5.69 Å². The molecule has 0 saturated heterocycles. The molecule has 1 aromatic heterocycles. The number of tetrazole rings is 1. The molecule has 2 heterocycles. The van der Waals surface area contributed by atoms with E-state index in [1.54, 1.807) is 4.68 Å². The molecule has 0 spiro atoms. The van der Waals surface area contributed by atoms with E-state index in [0.717, 1.165) is 18.7 Å². The van der Waals surface area contributed by atoms with Gasteiger partial charge >= 0.3 is 0 Å². The third-order valence-electron chi connectivity index (χ3n) is 4.64. The minimum absolute atomic E-state index is 0.0900.